The molecular formula is C11H16BrNO2S. The number of carboxylic acids is 1. The zero-order valence-electron chi connectivity index (χ0n) is 9.20. The van der Waals surface area contributed by atoms with Crippen LogP contribution < -0.4 is 5.32 Å². The molecule has 0 amide bonds. The van der Waals surface area contributed by atoms with E-state index in [4.69, 9.17) is 5.11 Å². The zero-order chi connectivity index (χ0) is 12.0. The molecule has 1 aromatic rings. The number of thiophene rings is 1. The number of hydrogen-bond donors (Lipinski definition) is 2. The molecule has 0 saturated heterocycles. The first-order valence-corrected chi connectivity index (χ1v) is 6.94. The average molecular weight is 306 g/mol. The van der Waals surface area contributed by atoms with Gasteiger partial charge < -0.3 is 10.4 Å². The van der Waals surface area contributed by atoms with E-state index in [1.54, 1.807) is 11.3 Å². The summed E-state index contributed by atoms with van der Waals surface area (Å²) in [4.78, 5) is 12.1. The Morgan fingerprint density at radius 3 is 2.88 bits per heavy atom. The Labute approximate surface area is 108 Å². The molecule has 1 aromatic heterocycles. The van der Waals surface area contributed by atoms with Gasteiger partial charge in [0.1, 0.15) is 6.04 Å². The lowest BCUT2D eigenvalue weighted by Crippen LogP contribution is -2.37. The van der Waals surface area contributed by atoms with Crippen molar-refractivity contribution in [2.75, 3.05) is 6.54 Å². The highest BCUT2D eigenvalue weighted by Gasteiger charge is 2.14. The van der Waals surface area contributed by atoms with Crippen molar-refractivity contribution in [2.45, 2.75) is 32.2 Å². The van der Waals surface area contributed by atoms with Crippen LogP contribution in [0.15, 0.2) is 15.9 Å². The summed E-state index contributed by atoms with van der Waals surface area (Å²) in [5, 5.41) is 12.0. The maximum absolute atomic E-state index is 10.9. The van der Waals surface area contributed by atoms with E-state index in [1.165, 1.54) is 4.88 Å². The summed E-state index contributed by atoms with van der Waals surface area (Å²) in [5.41, 5.74) is 0. The van der Waals surface area contributed by atoms with E-state index in [1.807, 2.05) is 13.0 Å². The van der Waals surface area contributed by atoms with Crippen LogP contribution in [0.4, 0.5) is 0 Å². The summed E-state index contributed by atoms with van der Waals surface area (Å²) in [6.45, 7) is 2.71. The highest BCUT2D eigenvalue weighted by Crippen LogP contribution is 2.22. The third-order valence-corrected chi connectivity index (χ3v) is 3.95. The second kappa shape index (κ2) is 7.04. The average Bonchev–Trinajstić information content (AvgIpc) is 2.63. The summed E-state index contributed by atoms with van der Waals surface area (Å²) in [5.74, 6) is -0.755. The lowest BCUT2D eigenvalue weighted by atomic mass is 10.1. The van der Waals surface area contributed by atoms with Gasteiger partial charge in [-0.05, 0) is 40.9 Å². The standard InChI is InChI=1S/C11H16BrNO2S/c1-2-3-9(11(14)15)13-7-6-8-4-5-10(12)16-8/h4-5,9,13H,2-3,6-7H2,1H3,(H,14,15). The first kappa shape index (κ1) is 13.7. The van der Waals surface area contributed by atoms with Gasteiger partial charge in [-0.2, -0.15) is 0 Å². The molecule has 1 unspecified atom stereocenters. The number of hydrogen-bond acceptors (Lipinski definition) is 3. The second-order valence-corrected chi connectivity index (χ2v) is 6.14. The monoisotopic (exact) mass is 305 g/mol. The zero-order valence-corrected chi connectivity index (χ0v) is 11.6. The molecule has 0 radical (unpaired) electrons. The lowest BCUT2D eigenvalue weighted by Gasteiger charge is -2.12. The summed E-state index contributed by atoms with van der Waals surface area (Å²) in [7, 11) is 0. The predicted molar refractivity (Wildman–Crippen MR) is 70.1 cm³/mol. The fraction of sp³-hybridized carbons (Fsp3) is 0.545. The Morgan fingerprint density at radius 2 is 2.38 bits per heavy atom. The number of aliphatic carboxylic acids is 1. The minimum Gasteiger partial charge on any atom is -0.480 e. The van der Waals surface area contributed by atoms with Crippen LogP contribution in [0.5, 0.6) is 0 Å². The van der Waals surface area contributed by atoms with Crippen LogP contribution in [0.1, 0.15) is 24.6 Å². The van der Waals surface area contributed by atoms with E-state index in [-0.39, 0.29) is 0 Å². The number of halogens is 1. The van der Waals surface area contributed by atoms with Crippen LogP contribution in [0.25, 0.3) is 0 Å². The Balaban J connectivity index is 2.30. The number of nitrogens with one attached hydrogen (secondary N) is 1. The summed E-state index contributed by atoms with van der Waals surface area (Å²) in [6.07, 6.45) is 2.45. The van der Waals surface area contributed by atoms with Crippen molar-refractivity contribution in [3.63, 3.8) is 0 Å². The molecule has 3 nitrogen and oxygen atoms in total. The molecule has 1 rings (SSSR count). The first-order valence-electron chi connectivity index (χ1n) is 5.34. The van der Waals surface area contributed by atoms with E-state index in [9.17, 15) is 4.79 Å². The van der Waals surface area contributed by atoms with Crippen molar-refractivity contribution in [3.05, 3.63) is 20.8 Å². The Bertz CT molecular complexity index is 340. The van der Waals surface area contributed by atoms with E-state index in [2.05, 4.69) is 27.3 Å². The molecule has 0 aliphatic rings. The third kappa shape index (κ3) is 4.63. The molecule has 1 atom stereocenters. The quantitative estimate of drug-likeness (QED) is 0.814. The molecule has 16 heavy (non-hydrogen) atoms. The molecule has 90 valence electrons. The smallest absolute Gasteiger partial charge is 0.320 e. The number of carboxylic acid groups (broad SMARTS) is 1. The number of carbonyl (C=O) groups is 1. The van der Waals surface area contributed by atoms with Crippen molar-refractivity contribution in [1.29, 1.82) is 0 Å². The summed E-state index contributed by atoms with van der Waals surface area (Å²) < 4.78 is 1.12. The predicted octanol–water partition coefficient (Wildman–Crippen LogP) is 2.90. The molecule has 0 fully saturated rings. The van der Waals surface area contributed by atoms with Crippen LogP contribution in [0, 0.1) is 0 Å². The molecule has 1 heterocycles. The minimum atomic E-state index is -0.755. The Kier molecular flexibility index (Phi) is 6.01. The second-order valence-electron chi connectivity index (χ2n) is 3.59. The maximum Gasteiger partial charge on any atom is 0.320 e. The van der Waals surface area contributed by atoms with Crippen molar-refractivity contribution in [3.8, 4) is 0 Å². The van der Waals surface area contributed by atoms with Crippen LogP contribution in [0.2, 0.25) is 0 Å². The van der Waals surface area contributed by atoms with Gasteiger partial charge >= 0.3 is 5.97 Å². The van der Waals surface area contributed by atoms with Gasteiger partial charge in [-0.3, -0.25) is 4.79 Å². The van der Waals surface area contributed by atoms with E-state index < -0.39 is 12.0 Å². The highest BCUT2D eigenvalue weighted by atomic mass is 79.9. The molecule has 0 bridgehead atoms. The van der Waals surface area contributed by atoms with Crippen molar-refractivity contribution in [1.82, 2.24) is 5.32 Å². The topological polar surface area (TPSA) is 49.3 Å². The highest BCUT2D eigenvalue weighted by molar-refractivity contribution is 9.11. The largest absolute Gasteiger partial charge is 0.480 e. The molecule has 0 spiro atoms. The molecular weight excluding hydrogens is 290 g/mol. The Hall–Kier alpha value is -0.390. The van der Waals surface area contributed by atoms with Crippen LogP contribution in [-0.4, -0.2) is 23.7 Å². The molecule has 0 aliphatic heterocycles. The minimum absolute atomic E-state index is 0.409. The van der Waals surface area contributed by atoms with Gasteiger partial charge in [0.2, 0.25) is 0 Å². The van der Waals surface area contributed by atoms with Crippen LogP contribution in [0.3, 0.4) is 0 Å². The van der Waals surface area contributed by atoms with Gasteiger partial charge in [0, 0.05) is 11.4 Å². The van der Waals surface area contributed by atoms with Gasteiger partial charge in [0.15, 0.2) is 0 Å². The first-order chi connectivity index (χ1) is 7.63. The van der Waals surface area contributed by atoms with E-state index in [0.29, 0.717) is 13.0 Å². The molecule has 5 heteroatoms. The van der Waals surface area contributed by atoms with Gasteiger partial charge in [-0.25, -0.2) is 0 Å². The maximum atomic E-state index is 10.9. The molecule has 2 N–H and O–H groups in total. The fourth-order valence-electron chi connectivity index (χ4n) is 1.46. The van der Waals surface area contributed by atoms with Crippen molar-refractivity contribution in [2.24, 2.45) is 0 Å². The molecule has 0 aromatic carbocycles. The van der Waals surface area contributed by atoms with Gasteiger partial charge in [-0.15, -0.1) is 11.3 Å². The fourth-order valence-corrected chi connectivity index (χ4v) is 2.94. The van der Waals surface area contributed by atoms with Crippen molar-refractivity contribution >= 4 is 33.2 Å². The van der Waals surface area contributed by atoms with Crippen LogP contribution >= 0.6 is 27.3 Å². The van der Waals surface area contributed by atoms with Gasteiger partial charge in [0.05, 0.1) is 3.79 Å². The van der Waals surface area contributed by atoms with Crippen LogP contribution in [-0.2, 0) is 11.2 Å². The third-order valence-electron chi connectivity index (χ3n) is 2.27. The number of rotatable bonds is 7. The molecule has 0 aliphatic carbocycles. The van der Waals surface area contributed by atoms with E-state index in [0.717, 1.165) is 16.6 Å². The summed E-state index contributed by atoms with van der Waals surface area (Å²) in [6, 6.07) is 3.67. The SMILES string of the molecule is CCCC(NCCc1ccc(Br)s1)C(=O)O. The molecule has 0 saturated carbocycles. The normalized spacial score (nSPS) is 12.6. The van der Waals surface area contributed by atoms with E-state index >= 15 is 0 Å². The Morgan fingerprint density at radius 1 is 1.62 bits per heavy atom. The van der Waals surface area contributed by atoms with Crippen molar-refractivity contribution < 1.29 is 9.90 Å². The van der Waals surface area contributed by atoms with Gasteiger partial charge in [-0.1, -0.05) is 13.3 Å². The lowest BCUT2D eigenvalue weighted by molar-refractivity contribution is -0.139. The van der Waals surface area contributed by atoms with Gasteiger partial charge in [0.25, 0.3) is 0 Å². The summed E-state index contributed by atoms with van der Waals surface area (Å²) >= 11 is 5.10.